The fraction of sp³-hybridized carbons (Fsp3) is 0.333. The minimum Gasteiger partial charge on any atom is -0.496 e. The number of carbonyl (C=O) groups excluding carboxylic acids is 3. The second kappa shape index (κ2) is 7.77. The lowest BCUT2D eigenvalue weighted by Gasteiger charge is -2.16. The summed E-state index contributed by atoms with van der Waals surface area (Å²) in [5.74, 6) is -0.834. The summed E-state index contributed by atoms with van der Waals surface area (Å²) >= 11 is 4.81. The topological polar surface area (TPSA) is 79.8 Å². The largest absolute Gasteiger partial charge is 0.496 e. The van der Waals surface area contributed by atoms with Crippen LogP contribution in [0.4, 0.5) is 4.79 Å². The molecule has 27 heavy (non-hydrogen) atoms. The highest BCUT2D eigenvalue weighted by molar-refractivity contribution is 9.10. The zero-order valence-corrected chi connectivity index (χ0v) is 17.5. The molecule has 2 heterocycles. The molecule has 1 aromatic heterocycles. The number of amides is 4. The van der Waals surface area contributed by atoms with Crippen LogP contribution in [0.3, 0.4) is 0 Å². The number of hydrogen-bond donors (Lipinski definition) is 0. The Hall–Kier alpha value is -2.26. The maximum absolute atomic E-state index is 12.4. The third kappa shape index (κ3) is 3.89. The molecule has 0 atom stereocenters. The third-order valence-electron chi connectivity index (χ3n) is 3.95. The van der Waals surface area contributed by atoms with Gasteiger partial charge in [0.05, 0.1) is 24.9 Å². The van der Waals surface area contributed by atoms with Crippen molar-refractivity contribution in [1.29, 1.82) is 0 Å². The SMILES string of the molecule is COc1ccc(Br)cc1-c1nc(CN2C(=O)C(=O)N(CC(C)C)C2=O)cs1. The molecule has 0 bridgehead atoms. The van der Waals surface area contributed by atoms with Crippen LogP contribution in [-0.4, -0.2) is 46.3 Å². The monoisotopic (exact) mass is 451 g/mol. The molecule has 142 valence electrons. The fourth-order valence-corrected chi connectivity index (χ4v) is 3.92. The maximum Gasteiger partial charge on any atom is 0.334 e. The number of hydrogen-bond acceptors (Lipinski definition) is 6. The molecule has 3 rings (SSSR count). The van der Waals surface area contributed by atoms with Gasteiger partial charge in [-0.15, -0.1) is 11.3 Å². The van der Waals surface area contributed by atoms with Gasteiger partial charge in [-0.25, -0.2) is 14.7 Å². The van der Waals surface area contributed by atoms with E-state index in [1.54, 1.807) is 12.5 Å². The molecule has 9 heteroatoms. The fourth-order valence-electron chi connectivity index (χ4n) is 2.73. The van der Waals surface area contributed by atoms with Crippen molar-refractivity contribution in [3.63, 3.8) is 0 Å². The van der Waals surface area contributed by atoms with Crippen molar-refractivity contribution in [3.8, 4) is 16.3 Å². The van der Waals surface area contributed by atoms with E-state index in [-0.39, 0.29) is 19.0 Å². The zero-order chi connectivity index (χ0) is 19.7. The standard InChI is InChI=1S/C18H18BrN3O4S/c1-10(2)7-21-16(23)17(24)22(18(21)25)8-12-9-27-15(20-12)13-6-11(19)4-5-14(13)26-3/h4-6,9-10H,7-8H2,1-3H3. The van der Waals surface area contributed by atoms with E-state index < -0.39 is 17.8 Å². The zero-order valence-electron chi connectivity index (χ0n) is 15.1. The second-order valence-electron chi connectivity index (χ2n) is 6.47. The number of urea groups is 1. The van der Waals surface area contributed by atoms with Crippen LogP contribution in [0.25, 0.3) is 10.6 Å². The highest BCUT2D eigenvalue weighted by Gasteiger charge is 2.44. The molecule has 1 fully saturated rings. The van der Waals surface area contributed by atoms with Crippen molar-refractivity contribution in [3.05, 3.63) is 33.7 Å². The number of nitrogens with zero attached hydrogens (tertiary/aromatic N) is 3. The van der Waals surface area contributed by atoms with Gasteiger partial charge in [-0.05, 0) is 24.1 Å². The van der Waals surface area contributed by atoms with E-state index in [1.165, 1.54) is 11.3 Å². The van der Waals surface area contributed by atoms with Gasteiger partial charge in [-0.2, -0.15) is 0 Å². The predicted molar refractivity (Wildman–Crippen MR) is 104 cm³/mol. The first-order valence-corrected chi connectivity index (χ1v) is 9.94. The summed E-state index contributed by atoms with van der Waals surface area (Å²) in [6.07, 6.45) is 0. The van der Waals surface area contributed by atoms with Crippen LogP contribution in [0.15, 0.2) is 28.1 Å². The minimum absolute atomic E-state index is 0.0369. The van der Waals surface area contributed by atoms with E-state index in [2.05, 4.69) is 20.9 Å². The number of benzene rings is 1. The van der Waals surface area contributed by atoms with Crippen molar-refractivity contribution >= 4 is 45.1 Å². The molecule has 1 saturated heterocycles. The van der Waals surface area contributed by atoms with E-state index >= 15 is 0 Å². The predicted octanol–water partition coefficient (Wildman–Crippen LogP) is 3.53. The molecular weight excluding hydrogens is 434 g/mol. The van der Waals surface area contributed by atoms with E-state index in [9.17, 15) is 14.4 Å². The molecule has 7 nitrogen and oxygen atoms in total. The first-order valence-electron chi connectivity index (χ1n) is 8.27. The molecule has 2 aromatic rings. The number of methoxy groups -OCH3 is 1. The highest BCUT2D eigenvalue weighted by Crippen LogP contribution is 2.34. The molecule has 0 spiro atoms. The van der Waals surface area contributed by atoms with E-state index in [0.717, 1.165) is 19.8 Å². The molecule has 0 unspecified atom stereocenters. The van der Waals surface area contributed by atoms with Gasteiger partial charge >= 0.3 is 17.8 Å². The average molecular weight is 452 g/mol. The highest BCUT2D eigenvalue weighted by atomic mass is 79.9. The molecule has 4 amide bonds. The summed E-state index contributed by atoms with van der Waals surface area (Å²) in [5, 5.41) is 2.47. The smallest absolute Gasteiger partial charge is 0.334 e. The lowest BCUT2D eigenvalue weighted by Crippen LogP contribution is -2.35. The van der Waals surface area contributed by atoms with Gasteiger partial charge in [0.2, 0.25) is 0 Å². The Morgan fingerprint density at radius 2 is 1.89 bits per heavy atom. The summed E-state index contributed by atoms with van der Waals surface area (Å²) in [6.45, 7) is 3.94. The first kappa shape index (κ1) is 19.5. The lowest BCUT2D eigenvalue weighted by molar-refractivity contribution is -0.143. The van der Waals surface area contributed by atoms with Gasteiger partial charge in [0.15, 0.2) is 0 Å². The molecule has 0 saturated carbocycles. The molecule has 1 aliphatic rings. The molecule has 1 aliphatic heterocycles. The Balaban J connectivity index is 1.82. The number of thiazole rings is 1. The van der Waals surface area contributed by atoms with Crippen LogP contribution >= 0.6 is 27.3 Å². The van der Waals surface area contributed by atoms with Gasteiger partial charge < -0.3 is 4.74 Å². The summed E-state index contributed by atoms with van der Waals surface area (Å²) < 4.78 is 6.26. The van der Waals surface area contributed by atoms with Gasteiger partial charge in [0, 0.05) is 16.4 Å². The third-order valence-corrected chi connectivity index (χ3v) is 5.36. The Bertz CT molecular complexity index is 912. The van der Waals surface area contributed by atoms with E-state index in [1.807, 2.05) is 32.0 Å². The summed E-state index contributed by atoms with van der Waals surface area (Å²) in [4.78, 5) is 43.2. The Morgan fingerprint density at radius 1 is 1.19 bits per heavy atom. The number of halogens is 1. The van der Waals surface area contributed by atoms with Gasteiger partial charge in [0.1, 0.15) is 10.8 Å². The van der Waals surface area contributed by atoms with Crippen molar-refractivity contribution in [2.24, 2.45) is 5.92 Å². The molecular formula is C18H18BrN3O4S. The quantitative estimate of drug-likeness (QED) is 0.495. The number of rotatable bonds is 6. The molecule has 0 radical (unpaired) electrons. The summed E-state index contributed by atoms with van der Waals surface area (Å²) in [6, 6.07) is 5.00. The molecule has 0 N–H and O–H groups in total. The second-order valence-corrected chi connectivity index (χ2v) is 8.25. The van der Waals surface area contributed by atoms with Crippen molar-refractivity contribution in [2.45, 2.75) is 20.4 Å². The number of carbonyl (C=O) groups is 3. The van der Waals surface area contributed by atoms with Gasteiger partial charge in [-0.1, -0.05) is 29.8 Å². The van der Waals surface area contributed by atoms with Crippen LogP contribution in [0, 0.1) is 5.92 Å². The minimum atomic E-state index is -0.810. The summed E-state index contributed by atoms with van der Waals surface area (Å²) in [5.41, 5.74) is 1.35. The van der Waals surface area contributed by atoms with E-state index in [4.69, 9.17) is 4.74 Å². The van der Waals surface area contributed by atoms with Crippen LogP contribution in [-0.2, 0) is 16.1 Å². The number of ether oxygens (including phenoxy) is 1. The Morgan fingerprint density at radius 3 is 2.56 bits per heavy atom. The normalized spacial score (nSPS) is 14.6. The Labute approximate surface area is 169 Å². The average Bonchev–Trinajstić information content (AvgIpc) is 3.17. The summed E-state index contributed by atoms with van der Waals surface area (Å²) in [7, 11) is 1.58. The van der Waals surface area contributed by atoms with Crippen molar-refractivity contribution in [2.75, 3.05) is 13.7 Å². The molecule has 0 aliphatic carbocycles. The van der Waals surface area contributed by atoms with Crippen LogP contribution in [0.1, 0.15) is 19.5 Å². The van der Waals surface area contributed by atoms with E-state index in [0.29, 0.717) is 16.5 Å². The van der Waals surface area contributed by atoms with Crippen LogP contribution in [0.2, 0.25) is 0 Å². The Kier molecular flexibility index (Phi) is 5.61. The van der Waals surface area contributed by atoms with Crippen LogP contribution in [0.5, 0.6) is 5.75 Å². The number of aromatic nitrogens is 1. The lowest BCUT2D eigenvalue weighted by atomic mass is 10.2. The first-order chi connectivity index (χ1) is 12.8. The van der Waals surface area contributed by atoms with Crippen molar-refractivity contribution in [1.82, 2.24) is 14.8 Å². The van der Waals surface area contributed by atoms with Crippen molar-refractivity contribution < 1.29 is 19.1 Å². The molecule has 1 aromatic carbocycles. The van der Waals surface area contributed by atoms with Gasteiger partial charge in [0.25, 0.3) is 0 Å². The number of imide groups is 2. The van der Waals surface area contributed by atoms with Gasteiger partial charge in [-0.3, -0.25) is 14.5 Å². The maximum atomic E-state index is 12.4. The van der Waals surface area contributed by atoms with Crippen LogP contribution < -0.4 is 4.74 Å².